The van der Waals surface area contributed by atoms with Crippen LogP contribution in [-0.4, -0.2) is 32.7 Å². The number of nitrogens with zero attached hydrogens (tertiary/aromatic N) is 1. The highest BCUT2D eigenvalue weighted by atomic mass is 35.5. The van der Waals surface area contributed by atoms with E-state index in [1.54, 1.807) is 7.11 Å². The molecule has 1 saturated carbocycles. The van der Waals surface area contributed by atoms with Crippen LogP contribution >= 0.6 is 12.4 Å². The molecule has 5 atom stereocenters. The van der Waals surface area contributed by atoms with Gasteiger partial charge in [-0.15, -0.1) is 12.4 Å². The van der Waals surface area contributed by atoms with E-state index in [0.717, 1.165) is 42.9 Å². The molecule has 5 nitrogen and oxygen atoms in total. The van der Waals surface area contributed by atoms with Gasteiger partial charge in [0.05, 0.1) is 7.11 Å². The van der Waals surface area contributed by atoms with Crippen molar-refractivity contribution in [2.24, 2.45) is 11.8 Å². The number of carbonyl (C=O) groups excluding carboxylic acids is 1. The Kier molecular flexibility index (Phi) is 6.80. The van der Waals surface area contributed by atoms with E-state index in [2.05, 4.69) is 60.0 Å². The second-order valence-electron chi connectivity index (χ2n) is 9.36. The molecule has 2 aliphatic heterocycles. The summed E-state index contributed by atoms with van der Waals surface area (Å²) in [4.78, 5) is 14.4. The monoisotopic (exact) mass is 455 g/mol. The number of hydrogen-bond acceptors (Lipinski definition) is 4. The molecule has 2 aromatic rings. The van der Waals surface area contributed by atoms with Crippen molar-refractivity contribution in [2.45, 2.75) is 50.7 Å². The summed E-state index contributed by atoms with van der Waals surface area (Å²) in [5, 5.41) is 7.61. The Labute approximate surface area is 197 Å². The number of fused-ring (bicyclic) bond motifs is 3. The smallest absolute Gasteiger partial charge is 0.230 e. The lowest BCUT2D eigenvalue weighted by Crippen LogP contribution is -2.49. The number of anilines is 1. The molecule has 2 N–H and O–H groups in total. The Morgan fingerprint density at radius 3 is 2.66 bits per heavy atom. The minimum absolute atomic E-state index is 0. The van der Waals surface area contributed by atoms with E-state index in [9.17, 15) is 4.79 Å². The van der Waals surface area contributed by atoms with Gasteiger partial charge in [0.1, 0.15) is 5.75 Å². The second kappa shape index (κ2) is 9.42. The van der Waals surface area contributed by atoms with Crippen molar-refractivity contribution in [3.05, 3.63) is 59.2 Å². The van der Waals surface area contributed by atoms with Crippen LogP contribution in [0, 0.1) is 11.8 Å². The molecule has 32 heavy (non-hydrogen) atoms. The summed E-state index contributed by atoms with van der Waals surface area (Å²) in [6.45, 7) is 4.06. The summed E-state index contributed by atoms with van der Waals surface area (Å²) in [6.07, 6.45) is 3.31. The SMILES string of the molecule is CCC1CNC(c2ccccc2)C(NCc2cc3c(cc2OC)C2CC2C(=O)N3C)C1.Cl. The van der Waals surface area contributed by atoms with Gasteiger partial charge in [0.25, 0.3) is 0 Å². The minimum atomic E-state index is 0. The average molecular weight is 456 g/mol. The fraction of sp³-hybridized carbons (Fsp3) is 0.500. The summed E-state index contributed by atoms with van der Waals surface area (Å²) in [6, 6.07) is 15.7. The molecule has 1 amide bonds. The number of piperidine rings is 1. The molecule has 5 rings (SSSR count). The lowest BCUT2D eigenvalue weighted by Gasteiger charge is -2.38. The fourth-order valence-corrected chi connectivity index (χ4v) is 5.50. The topological polar surface area (TPSA) is 53.6 Å². The average Bonchev–Trinajstić information content (AvgIpc) is 3.62. The maximum atomic E-state index is 12.5. The Bertz CT molecular complexity index is 967. The zero-order valence-electron chi connectivity index (χ0n) is 19.1. The van der Waals surface area contributed by atoms with Crippen LogP contribution in [-0.2, 0) is 11.3 Å². The number of nitrogens with one attached hydrogen (secondary N) is 2. The van der Waals surface area contributed by atoms with Crippen molar-refractivity contribution in [2.75, 3.05) is 25.6 Å². The molecular weight excluding hydrogens is 422 g/mol. The quantitative estimate of drug-likeness (QED) is 0.677. The largest absolute Gasteiger partial charge is 0.496 e. The highest BCUT2D eigenvalue weighted by molar-refractivity contribution is 6.01. The van der Waals surface area contributed by atoms with Crippen LogP contribution in [0.3, 0.4) is 0 Å². The lowest BCUT2D eigenvalue weighted by molar-refractivity contribution is -0.119. The zero-order chi connectivity index (χ0) is 21.5. The van der Waals surface area contributed by atoms with Gasteiger partial charge < -0.3 is 20.3 Å². The van der Waals surface area contributed by atoms with E-state index in [-0.39, 0.29) is 24.2 Å². The van der Waals surface area contributed by atoms with Gasteiger partial charge in [-0.25, -0.2) is 0 Å². The Morgan fingerprint density at radius 2 is 1.94 bits per heavy atom. The number of methoxy groups -OCH3 is 1. The fourth-order valence-electron chi connectivity index (χ4n) is 5.50. The third kappa shape index (κ3) is 4.14. The molecule has 2 aromatic carbocycles. The van der Waals surface area contributed by atoms with Crippen molar-refractivity contribution in [1.29, 1.82) is 0 Å². The van der Waals surface area contributed by atoms with Crippen LogP contribution in [0.4, 0.5) is 5.69 Å². The molecule has 1 saturated heterocycles. The number of carbonyl (C=O) groups is 1. The third-order valence-electron chi connectivity index (χ3n) is 7.54. The van der Waals surface area contributed by atoms with Gasteiger partial charge in [0.2, 0.25) is 5.91 Å². The van der Waals surface area contributed by atoms with Crippen LogP contribution in [0.2, 0.25) is 0 Å². The standard InChI is InChI=1S/C26H33N3O2.ClH/c1-4-16-10-22(25(28-14-16)17-8-6-5-7-9-17)27-15-18-11-23-20(13-24(18)31-3)19-12-21(19)26(30)29(23)2;/h5-9,11,13,16,19,21-22,25,27-28H,4,10,12,14-15H2,1-3H3;1H. The first-order valence-corrected chi connectivity index (χ1v) is 11.6. The number of ether oxygens (including phenoxy) is 1. The molecule has 6 heteroatoms. The van der Waals surface area contributed by atoms with Gasteiger partial charge >= 0.3 is 0 Å². The van der Waals surface area contributed by atoms with E-state index in [4.69, 9.17) is 4.74 Å². The summed E-state index contributed by atoms with van der Waals surface area (Å²) in [5.41, 5.74) is 4.76. The van der Waals surface area contributed by atoms with Crippen molar-refractivity contribution in [1.82, 2.24) is 10.6 Å². The van der Waals surface area contributed by atoms with Gasteiger partial charge in [0, 0.05) is 42.8 Å². The van der Waals surface area contributed by atoms with Crippen molar-refractivity contribution in [3.8, 4) is 5.75 Å². The molecule has 1 aliphatic carbocycles. The number of hydrogen-bond donors (Lipinski definition) is 2. The first-order valence-electron chi connectivity index (χ1n) is 11.6. The summed E-state index contributed by atoms with van der Waals surface area (Å²) >= 11 is 0. The maximum Gasteiger partial charge on any atom is 0.230 e. The summed E-state index contributed by atoms with van der Waals surface area (Å²) in [7, 11) is 3.65. The summed E-state index contributed by atoms with van der Waals surface area (Å²) < 4.78 is 5.77. The van der Waals surface area contributed by atoms with Gasteiger partial charge in [-0.1, -0.05) is 43.7 Å². The lowest BCUT2D eigenvalue weighted by atomic mass is 9.85. The second-order valence-corrected chi connectivity index (χ2v) is 9.36. The van der Waals surface area contributed by atoms with Crippen LogP contribution in [0.25, 0.3) is 0 Å². The zero-order valence-corrected chi connectivity index (χ0v) is 20.0. The Balaban J connectivity index is 0.00000245. The van der Waals surface area contributed by atoms with Crippen LogP contribution in [0.1, 0.15) is 54.8 Å². The summed E-state index contributed by atoms with van der Waals surface area (Å²) in [5.74, 6) is 2.42. The van der Waals surface area contributed by atoms with E-state index in [1.807, 2.05) is 11.9 Å². The van der Waals surface area contributed by atoms with E-state index < -0.39 is 0 Å². The first kappa shape index (κ1) is 23.1. The number of rotatable bonds is 6. The predicted molar refractivity (Wildman–Crippen MR) is 131 cm³/mol. The number of amides is 1. The van der Waals surface area contributed by atoms with E-state index >= 15 is 0 Å². The molecule has 0 radical (unpaired) electrons. The van der Waals surface area contributed by atoms with Crippen LogP contribution < -0.4 is 20.3 Å². The Morgan fingerprint density at radius 1 is 1.16 bits per heavy atom. The minimum Gasteiger partial charge on any atom is -0.496 e. The van der Waals surface area contributed by atoms with Gasteiger partial charge in [-0.05, 0) is 54.5 Å². The molecular formula is C26H34ClN3O2. The van der Waals surface area contributed by atoms with Crippen LogP contribution in [0.5, 0.6) is 5.75 Å². The van der Waals surface area contributed by atoms with Gasteiger partial charge in [0.15, 0.2) is 0 Å². The van der Waals surface area contributed by atoms with Crippen molar-refractivity contribution < 1.29 is 9.53 Å². The Hall–Kier alpha value is -2.08. The molecule has 0 spiro atoms. The number of benzene rings is 2. The van der Waals surface area contributed by atoms with Crippen LogP contribution in [0.15, 0.2) is 42.5 Å². The number of halogens is 1. The molecule has 3 aliphatic rings. The molecule has 172 valence electrons. The molecule has 0 aromatic heterocycles. The maximum absolute atomic E-state index is 12.5. The van der Waals surface area contributed by atoms with Gasteiger partial charge in [-0.3, -0.25) is 4.79 Å². The molecule has 5 unspecified atom stereocenters. The third-order valence-corrected chi connectivity index (χ3v) is 7.54. The normalized spacial score (nSPS) is 28.4. The highest BCUT2D eigenvalue weighted by Gasteiger charge is 2.50. The molecule has 2 heterocycles. The van der Waals surface area contributed by atoms with Crippen molar-refractivity contribution in [3.63, 3.8) is 0 Å². The van der Waals surface area contributed by atoms with E-state index in [0.29, 0.717) is 23.9 Å². The molecule has 2 fully saturated rings. The van der Waals surface area contributed by atoms with Gasteiger partial charge in [-0.2, -0.15) is 0 Å². The predicted octanol–water partition coefficient (Wildman–Crippen LogP) is 4.42. The van der Waals surface area contributed by atoms with Crippen molar-refractivity contribution >= 4 is 24.0 Å². The first-order chi connectivity index (χ1) is 15.1. The highest BCUT2D eigenvalue weighted by Crippen LogP contribution is 2.56. The molecule has 0 bridgehead atoms. The van der Waals surface area contributed by atoms with E-state index in [1.165, 1.54) is 17.5 Å².